The number of phenols is 1. The Labute approximate surface area is 219 Å². The zero-order valence-electron chi connectivity index (χ0n) is 21.0. The van der Waals surface area contributed by atoms with Crippen molar-refractivity contribution in [1.82, 2.24) is 0 Å². The number of benzene rings is 2. The number of aromatic hydroxyl groups is 1. The van der Waals surface area contributed by atoms with Crippen molar-refractivity contribution in [3.63, 3.8) is 0 Å². The molecule has 0 unspecified atom stereocenters. The molecule has 2 aliphatic rings. The summed E-state index contributed by atoms with van der Waals surface area (Å²) in [6.45, 7) is -0.697. The average molecular weight is 539 g/mol. The van der Waals surface area contributed by atoms with Gasteiger partial charge in [0.2, 0.25) is 6.29 Å². The molecule has 2 aliphatic heterocycles. The SMILES string of the molecule is COc1cc([C@@H]2OC[C@H]([C@H](O)c3ccc(O[C@@H]4O[C@H](CO)[C@@H](O)[C@H](O)[C@H]4O)c(OC)c3)[C@H]2CO)ccc1O. The Bertz CT molecular complexity index is 1080. The Morgan fingerprint density at radius 3 is 2.29 bits per heavy atom. The number of rotatable bonds is 9. The molecule has 2 saturated heterocycles. The lowest BCUT2D eigenvalue weighted by Crippen LogP contribution is -2.60. The fraction of sp³-hybridized carbons (Fsp3) is 0.538. The predicted molar refractivity (Wildman–Crippen MR) is 130 cm³/mol. The minimum absolute atomic E-state index is 0.0236. The summed E-state index contributed by atoms with van der Waals surface area (Å²) in [5.41, 5.74) is 1.15. The molecule has 0 radical (unpaired) electrons. The second kappa shape index (κ2) is 12.0. The fourth-order valence-electron chi connectivity index (χ4n) is 4.96. The highest BCUT2D eigenvalue weighted by Crippen LogP contribution is 2.46. The van der Waals surface area contributed by atoms with Crippen molar-refractivity contribution in [2.75, 3.05) is 34.0 Å². The van der Waals surface area contributed by atoms with Crippen LogP contribution in [-0.4, -0.2) is 100 Å². The topological polar surface area (TPSA) is 188 Å². The number of aliphatic hydroxyl groups excluding tert-OH is 6. The largest absolute Gasteiger partial charge is 0.504 e. The molecule has 12 heteroatoms. The van der Waals surface area contributed by atoms with Crippen molar-refractivity contribution in [3.05, 3.63) is 47.5 Å². The van der Waals surface area contributed by atoms with Gasteiger partial charge in [0, 0.05) is 18.4 Å². The first-order valence-electron chi connectivity index (χ1n) is 12.2. The summed E-state index contributed by atoms with van der Waals surface area (Å²) in [4.78, 5) is 0. The number of methoxy groups -OCH3 is 2. The Balaban J connectivity index is 1.52. The van der Waals surface area contributed by atoms with Gasteiger partial charge in [-0.2, -0.15) is 0 Å². The van der Waals surface area contributed by atoms with Gasteiger partial charge in [0.25, 0.3) is 0 Å². The van der Waals surface area contributed by atoms with Crippen molar-refractivity contribution in [3.8, 4) is 23.0 Å². The third-order valence-electron chi connectivity index (χ3n) is 7.18. The maximum atomic E-state index is 11.2. The van der Waals surface area contributed by atoms with E-state index in [1.165, 1.54) is 32.4 Å². The summed E-state index contributed by atoms with van der Waals surface area (Å²) in [6.07, 6.45) is -8.84. The van der Waals surface area contributed by atoms with Gasteiger partial charge in [0.05, 0.1) is 39.6 Å². The van der Waals surface area contributed by atoms with E-state index in [1.807, 2.05) is 0 Å². The first-order valence-corrected chi connectivity index (χ1v) is 12.2. The lowest BCUT2D eigenvalue weighted by atomic mass is 9.82. The van der Waals surface area contributed by atoms with Crippen LogP contribution in [0.5, 0.6) is 23.0 Å². The van der Waals surface area contributed by atoms with Crippen LogP contribution in [0.1, 0.15) is 23.3 Å². The van der Waals surface area contributed by atoms with Crippen LogP contribution in [0.2, 0.25) is 0 Å². The minimum atomic E-state index is -1.60. The van der Waals surface area contributed by atoms with E-state index in [-0.39, 0.29) is 36.2 Å². The molecule has 9 atom stereocenters. The molecule has 0 aliphatic carbocycles. The Morgan fingerprint density at radius 2 is 1.63 bits per heavy atom. The van der Waals surface area contributed by atoms with Crippen LogP contribution in [0, 0.1) is 11.8 Å². The normalized spacial score (nSPS) is 32.1. The van der Waals surface area contributed by atoms with Crippen LogP contribution in [0.15, 0.2) is 36.4 Å². The first kappa shape index (κ1) is 28.3. The molecule has 12 nitrogen and oxygen atoms in total. The molecular formula is C26H34O12. The van der Waals surface area contributed by atoms with Crippen LogP contribution < -0.4 is 14.2 Å². The third-order valence-corrected chi connectivity index (χ3v) is 7.18. The monoisotopic (exact) mass is 538 g/mol. The number of hydrogen-bond donors (Lipinski definition) is 7. The second-order valence-electron chi connectivity index (χ2n) is 9.37. The highest BCUT2D eigenvalue weighted by Gasteiger charge is 2.45. The summed E-state index contributed by atoms with van der Waals surface area (Å²) in [6, 6.07) is 9.40. The number of phenolic OH excluding ortho intramolecular Hbond substituents is 1. The average Bonchev–Trinajstić information content (AvgIpc) is 3.37. The molecule has 4 rings (SSSR count). The number of ether oxygens (including phenoxy) is 5. The maximum Gasteiger partial charge on any atom is 0.229 e. The number of hydrogen-bond acceptors (Lipinski definition) is 12. The standard InChI is InChI=1S/C26H34O12/c1-34-18-8-13(3-5-16(18)29)25-14(9-27)15(11-36-25)21(30)12-4-6-17(19(7-12)35-2)37-26-24(33)23(32)22(31)20(10-28)38-26/h3-8,14-15,20-33H,9-11H2,1-2H3/t14-,15+,20-,21-,22-,23+,24-,25+,26-/m1/s1. The molecule has 0 saturated carbocycles. The predicted octanol–water partition coefficient (Wildman–Crippen LogP) is -0.382. The van der Waals surface area contributed by atoms with Gasteiger partial charge in [-0.15, -0.1) is 0 Å². The summed E-state index contributed by atoms with van der Waals surface area (Å²) < 4.78 is 27.6. The van der Waals surface area contributed by atoms with E-state index in [0.29, 0.717) is 11.1 Å². The fourth-order valence-corrected chi connectivity index (χ4v) is 4.96. The van der Waals surface area contributed by atoms with Crippen LogP contribution in [0.4, 0.5) is 0 Å². The molecule has 2 heterocycles. The Morgan fingerprint density at radius 1 is 0.895 bits per heavy atom. The molecule has 2 aromatic rings. The third kappa shape index (κ3) is 5.40. The second-order valence-corrected chi connectivity index (χ2v) is 9.37. The van der Waals surface area contributed by atoms with Crippen LogP contribution in [-0.2, 0) is 9.47 Å². The van der Waals surface area contributed by atoms with Gasteiger partial charge in [-0.05, 0) is 35.4 Å². The Kier molecular flexibility index (Phi) is 8.96. The van der Waals surface area contributed by atoms with Crippen molar-refractivity contribution in [2.24, 2.45) is 11.8 Å². The molecule has 0 spiro atoms. The molecule has 0 bridgehead atoms. The molecule has 7 N–H and O–H groups in total. The molecular weight excluding hydrogens is 504 g/mol. The van der Waals surface area contributed by atoms with Crippen molar-refractivity contribution in [2.45, 2.75) is 42.9 Å². The van der Waals surface area contributed by atoms with E-state index < -0.39 is 61.4 Å². The van der Waals surface area contributed by atoms with Gasteiger partial charge in [0.1, 0.15) is 24.4 Å². The van der Waals surface area contributed by atoms with Crippen molar-refractivity contribution >= 4 is 0 Å². The van der Waals surface area contributed by atoms with Crippen molar-refractivity contribution in [1.29, 1.82) is 0 Å². The zero-order valence-corrected chi connectivity index (χ0v) is 21.0. The molecule has 2 aromatic carbocycles. The summed E-state index contributed by atoms with van der Waals surface area (Å²) in [5, 5.41) is 70.9. The summed E-state index contributed by atoms with van der Waals surface area (Å²) >= 11 is 0. The molecule has 0 amide bonds. The van der Waals surface area contributed by atoms with Crippen LogP contribution >= 0.6 is 0 Å². The quantitative estimate of drug-likeness (QED) is 0.220. The molecule has 0 aromatic heterocycles. The van der Waals surface area contributed by atoms with Crippen molar-refractivity contribution < 1.29 is 59.4 Å². The van der Waals surface area contributed by atoms with E-state index in [2.05, 4.69) is 0 Å². The minimum Gasteiger partial charge on any atom is -0.504 e. The highest BCUT2D eigenvalue weighted by atomic mass is 16.7. The molecule has 2 fully saturated rings. The van der Waals surface area contributed by atoms with Gasteiger partial charge in [-0.3, -0.25) is 0 Å². The van der Waals surface area contributed by atoms with E-state index in [9.17, 15) is 35.7 Å². The highest BCUT2D eigenvalue weighted by molar-refractivity contribution is 5.45. The van der Waals surface area contributed by atoms with Gasteiger partial charge >= 0.3 is 0 Å². The number of aliphatic hydroxyl groups is 6. The van der Waals surface area contributed by atoms with Gasteiger partial charge in [0.15, 0.2) is 23.0 Å². The molecule has 38 heavy (non-hydrogen) atoms. The summed E-state index contributed by atoms with van der Waals surface area (Å²) in [5.74, 6) is -0.376. The lowest BCUT2D eigenvalue weighted by molar-refractivity contribution is -0.277. The Hall–Kier alpha value is -2.68. The lowest BCUT2D eigenvalue weighted by Gasteiger charge is -2.39. The molecule has 210 valence electrons. The van der Waals surface area contributed by atoms with E-state index in [0.717, 1.165) is 0 Å². The first-order chi connectivity index (χ1) is 18.2. The van der Waals surface area contributed by atoms with Gasteiger partial charge in [-0.1, -0.05) is 12.1 Å². The smallest absolute Gasteiger partial charge is 0.229 e. The van der Waals surface area contributed by atoms with Gasteiger partial charge in [-0.25, -0.2) is 0 Å². The van der Waals surface area contributed by atoms with Gasteiger partial charge < -0.3 is 59.4 Å². The van der Waals surface area contributed by atoms with E-state index in [4.69, 9.17) is 23.7 Å². The summed E-state index contributed by atoms with van der Waals surface area (Å²) in [7, 11) is 2.82. The van der Waals surface area contributed by atoms with E-state index >= 15 is 0 Å². The zero-order chi connectivity index (χ0) is 27.6. The van der Waals surface area contributed by atoms with E-state index in [1.54, 1.807) is 18.2 Å². The maximum absolute atomic E-state index is 11.2. The van der Waals surface area contributed by atoms with Crippen LogP contribution in [0.3, 0.4) is 0 Å². The van der Waals surface area contributed by atoms with Crippen LogP contribution in [0.25, 0.3) is 0 Å².